The molecule has 3 heterocycles. The first-order valence-electron chi connectivity index (χ1n) is 7.32. The van der Waals surface area contributed by atoms with E-state index in [1.807, 2.05) is 0 Å². The van der Waals surface area contributed by atoms with Gasteiger partial charge >= 0.3 is 0 Å². The fraction of sp³-hybridized carbons (Fsp3) is 0.533. The van der Waals surface area contributed by atoms with Gasteiger partial charge in [0.15, 0.2) is 0 Å². The molecule has 0 saturated carbocycles. The molecule has 21 heavy (non-hydrogen) atoms. The van der Waals surface area contributed by atoms with Gasteiger partial charge in [-0.2, -0.15) is 0 Å². The fourth-order valence-corrected chi connectivity index (χ4v) is 3.57. The smallest absolute Gasteiger partial charge is 0.255 e. The highest BCUT2D eigenvalue weighted by Crippen LogP contribution is 2.31. The summed E-state index contributed by atoms with van der Waals surface area (Å²) in [5.41, 5.74) is 0.837. The van der Waals surface area contributed by atoms with Crippen molar-refractivity contribution in [3.05, 3.63) is 22.7 Å². The lowest BCUT2D eigenvalue weighted by Gasteiger charge is -2.44. The van der Waals surface area contributed by atoms with Gasteiger partial charge in [-0.15, -0.1) is 0 Å². The van der Waals surface area contributed by atoms with Crippen LogP contribution in [-0.2, 0) is 0 Å². The first-order chi connectivity index (χ1) is 10.1. The molecule has 0 spiro atoms. The van der Waals surface area contributed by atoms with Crippen LogP contribution in [0.5, 0.6) is 5.75 Å². The van der Waals surface area contributed by atoms with Crippen molar-refractivity contribution in [3.63, 3.8) is 0 Å². The summed E-state index contributed by atoms with van der Waals surface area (Å²) in [5, 5.41) is 16.4. The first kappa shape index (κ1) is 14.5. The average Bonchev–Trinajstić information content (AvgIpc) is 2.50. The zero-order chi connectivity index (χ0) is 15.0. The summed E-state index contributed by atoms with van der Waals surface area (Å²) in [6, 6.07) is 3.16. The third-order valence-corrected chi connectivity index (χ3v) is 4.88. The van der Waals surface area contributed by atoms with Crippen LogP contribution in [0.15, 0.2) is 12.1 Å². The molecule has 4 rings (SSSR count). The highest BCUT2D eigenvalue weighted by Gasteiger charge is 2.35. The lowest BCUT2D eigenvalue weighted by atomic mass is 9.84. The van der Waals surface area contributed by atoms with E-state index in [4.69, 9.17) is 11.6 Å². The number of benzene rings is 1. The van der Waals surface area contributed by atoms with Crippen LogP contribution in [0.3, 0.4) is 0 Å². The molecule has 0 radical (unpaired) electrons. The van der Waals surface area contributed by atoms with E-state index in [2.05, 4.69) is 15.5 Å². The van der Waals surface area contributed by atoms with Crippen molar-refractivity contribution in [1.82, 2.24) is 10.2 Å². The lowest BCUT2D eigenvalue weighted by molar-refractivity contribution is 0.0619. The number of halogens is 1. The van der Waals surface area contributed by atoms with E-state index in [0.717, 1.165) is 32.5 Å². The number of phenols is 1. The number of anilines is 1. The van der Waals surface area contributed by atoms with Gasteiger partial charge in [0.25, 0.3) is 5.91 Å². The number of fused-ring (bicyclic) bond motifs is 3. The van der Waals surface area contributed by atoms with E-state index in [0.29, 0.717) is 16.6 Å². The fourth-order valence-electron chi connectivity index (χ4n) is 3.31. The summed E-state index contributed by atoms with van der Waals surface area (Å²) in [6.45, 7) is 3.16. The van der Waals surface area contributed by atoms with Crippen LogP contribution >= 0.6 is 11.6 Å². The molecule has 1 aromatic rings. The molecule has 6 heteroatoms. The number of carbonyl (C=O) groups excluding carboxylic acids is 1. The van der Waals surface area contributed by atoms with Crippen molar-refractivity contribution in [2.45, 2.75) is 18.9 Å². The second kappa shape index (κ2) is 5.73. The first-order valence-corrected chi connectivity index (χ1v) is 7.69. The Balaban J connectivity index is 1.75. The Hall–Kier alpha value is -1.46. The van der Waals surface area contributed by atoms with Crippen LogP contribution < -0.4 is 10.6 Å². The monoisotopic (exact) mass is 309 g/mol. The van der Waals surface area contributed by atoms with Crippen LogP contribution in [-0.4, -0.2) is 48.6 Å². The van der Waals surface area contributed by atoms with Crippen molar-refractivity contribution >= 4 is 23.2 Å². The minimum Gasteiger partial charge on any atom is -0.507 e. The molecule has 3 N–H and O–H groups in total. The molecule has 3 saturated heterocycles. The minimum absolute atomic E-state index is 0.0532. The van der Waals surface area contributed by atoms with Gasteiger partial charge in [-0.05, 0) is 37.9 Å². The van der Waals surface area contributed by atoms with Crippen molar-refractivity contribution < 1.29 is 9.90 Å². The van der Waals surface area contributed by atoms with Crippen LogP contribution in [0.25, 0.3) is 0 Å². The van der Waals surface area contributed by atoms with Crippen LogP contribution in [0, 0.1) is 5.92 Å². The summed E-state index contributed by atoms with van der Waals surface area (Å²) >= 11 is 6.09. The molecule has 3 aliphatic heterocycles. The quantitative estimate of drug-likeness (QED) is 0.798. The zero-order valence-corrected chi connectivity index (χ0v) is 12.8. The van der Waals surface area contributed by atoms with Crippen molar-refractivity contribution in [2.75, 3.05) is 32.0 Å². The highest BCUT2D eigenvalue weighted by molar-refractivity contribution is 6.33. The van der Waals surface area contributed by atoms with Crippen molar-refractivity contribution in [1.29, 1.82) is 0 Å². The van der Waals surface area contributed by atoms with E-state index in [1.165, 1.54) is 12.1 Å². The molecule has 1 atom stereocenters. The van der Waals surface area contributed by atoms with Crippen LogP contribution in [0.4, 0.5) is 5.69 Å². The van der Waals surface area contributed by atoms with E-state index in [9.17, 15) is 9.90 Å². The minimum atomic E-state index is -0.254. The van der Waals surface area contributed by atoms with Crippen molar-refractivity contribution in [3.8, 4) is 5.75 Å². The predicted octanol–water partition coefficient (Wildman–Crippen LogP) is 1.91. The van der Waals surface area contributed by atoms with E-state index in [1.54, 1.807) is 7.05 Å². The number of hydrogen-bond donors (Lipinski definition) is 3. The Morgan fingerprint density at radius 2 is 2.10 bits per heavy atom. The molecule has 114 valence electrons. The molecule has 1 aromatic carbocycles. The van der Waals surface area contributed by atoms with Gasteiger partial charge in [0.05, 0.1) is 16.3 Å². The van der Waals surface area contributed by atoms with Gasteiger partial charge in [0, 0.05) is 25.7 Å². The van der Waals surface area contributed by atoms with Gasteiger partial charge in [0.2, 0.25) is 0 Å². The third kappa shape index (κ3) is 2.80. The average molecular weight is 310 g/mol. The molecule has 1 unspecified atom stereocenters. The summed E-state index contributed by atoms with van der Waals surface area (Å²) in [7, 11) is 1.72. The van der Waals surface area contributed by atoms with Crippen LogP contribution in [0.2, 0.25) is 5.02 Å². The van der Waals surface area contributed by atoms with Gasteiger partial charge in [-0.25, -0.2) is 0 Å². The highest BCUT2D eigenvalue weighted by atomic mass is 35.5. The number of aromatic hydroxyl groups is 1. The second-order valence-electron chi connectivity index (χ2n) is 5.82. The molecular weight excluding hydrogens is 290 g/mol. The third-order valence-electron chi connectivity index (χ3n) is 4.57. The molecule has 3 fully saturated rings. The van der Waals surface area contributed by atoms with Gasteiger partial charge < -0.3 is 20.6 Å². The van der Waals surface area contributed by atoms with Crippen LogP contribution in [0.1, 0.15) is 23.2 Å². The predicted molar refractivity (Wildman–Crippen MR) is 83.1 cm³/mol. The molecule has 0 aliphatic carbocycles. The standard InChI is InChI=1S/C15H20ClN3O2/c1-17-12-7-14(20)10(6-11(12)16)15(21)18-13-8-19-4-2-9(13)3-5-19/h6-7,9,13,17,20H,2-5,8H2,1H3,(H,18,21). The van der Waals surface area contributed by atoms with E-state index < -0.39 is 0 Å². The maximum Gasteiger partial charge on any atom is 0.255 e. The second-order valence-corrected chi connectivity index (χ2v) is 6.22. The van der Waals surface area contributed by atoms with Crippen molar-refractivity contribution in [2.24, 2.45) is 5.92 Å². The number of hydrogen-bond acceptors (Lipinski definition) is 4. The number of rotatable bonds is 3. The number of piperidine rings is 3. The summed E-state index contributed by atoms with van der Waals surface area (Å²) in [5.74, 6) is 0.242. The topological polar surface area (TPSA) is 64.6 Å². The molecule has 5 nitrogen and oxygen atoms in total. The number of nitrogens with zero attached hydrogens (tertiary/aromatic N) is 1. The molecular formula is C15H20ClN3O2. The van der Waals surface area contributed by atoms with Gasteiger partial charge in [-0.1, -0.05) is 11.6 Å². The Labute approximate surface area is 129 Å². The summed E-state index contributed by atoms with van der Waals surface area (Å²) in [6.07, 6.45) is 2.27. The number of nitrogens with one attached hydrogen (secondary N) is 2. The molecule has 3 aliphatic rings. The lowest BCUT2D eigenvalue weighted by Crippen LogP contribution is -2.57. The summed E-state index contributed by atoms with van der Waals surface area (Å²) in [4.78, 5) is 14.8. The Morgan fingerprint density at radius 3 is 2.67 bits per heavy atom. The van der Waals surface area contributed by atoms with E-state index >= 15 is 0 Å². The maximum absolute atomic E-state index is 12.4. The Kier molecular flexibility index (Phi) is 3.95. The maximum atomic E-state index is 12.4. The SMILES string of the molecule is CNc1cc(O)c(C(=O)NC2CN3CCC2CC3)cc1Cl. The molecule has 1 amide bonds. The summed E-state index contributed by atoms with van der Waals surface area (Å²) < 4.78 is 0. The van der Waals surface area contributed by atoms with E-state index in [-0.39, 0.29) is 23.3 Å². The zero-order valence-electron chi connectivity index (χ0n) is 12.0. The Bertz CT molecular complexity index is 556. The number of carbonyl (C=O) groups is 1. The largest absolute Gasteiger partial charge is 0.507 e. The number of amides is 1. The normalized spacial score (nSPS) is 27.4. The van der Waals surface area contributed by atoms with Gasteiger partial charge in [-0.3, -0.25) is 4.79 Å². The van der Waals surface area contributed by atoms with Gasteiger partial charge in [0.1, 0.15) is 5.75 Å². The molecule has 2 bridgehead atoms. The number of phenolic OH excluding ortho intramolecular Hbond substituents is 1. The Morgan fingerprint density at radius 1 is 1.38 bits per heavy atom. The molecule has 0 aromatic heterocycles.